The quantitative estimate of drug-likeness (QED) is 0.424. The van der Waals surface area contributed by atoms with Crippen LogP contribution >= 0.6 is 0 Å². The highest BCUT2D eigenvalue weighted by molar-refractivity contribution is 5.95. The maximum Gasteiger partial charge on any atom is 0.256 e. The first kappa shape index (κ1) is 24.1. The van der Waals surface area contributed by atoms with Crippen molar-refractivity contribution >= 4 is 11.6 Å². The van der Waals surface area contributed by atoms with Crippen LogP contribution in [0.15, 0.2) is 79.1 Å². The van der Waals surface area contributed by atoms with E-state index in [0.717, 1.165) is 29.8 Å². The minimum absolute atomic E-state index is 0.0469. The molecule has 1 amide bonds. The van der Waals surface area contributed by atoms with Crippen molar-refractivity contribution in [2.45, 2.75) is 46.0 Å². The van der Waals surface area contributed by atoms with Gasteiger partial charge in [-0.3, -0.25) is 4.79 Å². The van der Waals surface area contributed by atoms with Crippen molar-refractivity contribution in [2.75, 3.05) is 12.4 Å². The van der Waals surface area contributed by atoms with Crippen LogP contribution in [0.3, 0.4) is 0 Å². The van der Waals surface area contributed by atoms with E-state index in [1.807, 2.05) is 36.4 Å². The van der Waals surface area contributed by atoms with Gasteiger partial charge in [0.05, 0.1) is 7.11 Å². The molecule has 0 fully saturated rings. The number of aryl methyl sites for hydroxylation is 3. The molecule has 0 aromatic heterocycles. The molecule has 3 rings (SSSR count). The molecule has 0 radical (unpaired) electrons. The Morgan fingerprint density at radius 2 is 1.61 bits per heavy atom. The number of rotatable bonds is 8. The minimum atomic E-state index is -0.199. The second kappa shape index (κ2) is 10.4. The summed E-state index contributed by atoms with van der Waals surface area (Å²) < 4.78 is 5.62. The second-order valence-electron chi connectivity index (χ2n) is 9.34. The SMILES string of the molecule is C=C(NC(=O)c1ccc(C(C)(C)C)cc1)Nc1ccc(CCc2ccccc2C)c(OC)c1. The molecule has 0 unspecified atom stereocenters. The zero-order valence-corrected chi connectivity index (χ0v) is 20.3. The molecule has 172 valence electrons. The third-order valence-electron chi connectivity index (χ3n) is 5.78. The predicted molar refractivity (Wildman–Crippen MR) is 137 cm³/mol. The Morgan fingerprint density at radius 1 is 0.939 bits per heavy atom. The van der Waals surface area contributed by atoms with E-state index in [2.05, 4.69) is 75.2 Å². The van der Waals surface area contributed by atoms with Gasteiger partial charge in [-0.1, -0.05) is 69.8 Å². The first-order chi connectivity index (χ1) is 15.7. The third-order valence-corrected chi connectivity index (χ3v) is 5.78. The summed E-state index contributed by atoms with van der Waals surface area (Å²) in [6.07, 6.45) is 1.84. The standard InChI is InChI=1S/C29H34N2O2/c1-20-9-7-8-10-22(20)11-12-23-15-18-26(19-27(23)33-6)30-21(2)31-28(32)24-13-16-25(17-14-24)29(3,4)5/h7-10,13-19,30H,2,11-12H2,1,3-6H3,(H,31,32). The Kier molecular flexibility index (Phi) is 7.59. The average Bonchev–Trinajstić information content (AvgIpc) is 2.78. The summed E-state index contributed by atoms with van der Waals surface area (Å²) in [5, 5.41) is 5.98. The normalized spacial score (nSPS) is 11.1. The van der Waals surface area contributed by atoms with Gasteiger partial charge in [0.1, 0.15) is 11.6 Å². The van der Waals surface area contributed by atoms with Crippen LogP contribution in [0.5, 0.6) is 5.75 Å². The molecule has 3 aromatic rings. The lowest BCUT2D eigenvalue weighted by Gasteiger charge is -2.19. The first-order valence-corrected chi connectivity index (χ1v) is 11.3. The van der Waals surface area contributed by atoms with Gasteiger partial charge in [-0.15, -0.1) is 0 Å². The summed E-state index contributed by atoms with van der Waals surface area (Å²) in [7, 11) is 1.67. The average molecular weight is 443 g/mol. The predicted octanol–water partition coefficient (Wildman–Crippen LogP) is 6.40. The highest BCUT2D eigenvalue weighted by Gasteiger charge is 2.15. The zero-order valence-electron chi connectivity index (χ0n) is 20.3. The Balaban J connectivity index is 1.61. The van der Waals surface area contributed by atoms with Gasteiger partial charge in [0, 0.05) is 17.3 Å². The number of hydrogen-bond acceptors (Lipinski definition) is 3. The van der Waals surface area contributed by atoms with E-state index in [1.54, 1.807) is 7.11 Å². The molecule has 0 heterocycles. The maximum atomic E-state index is 12.6. The highest BCUT2D eigenvalue weighted by atomic mass is 16.5. The van der Waals surface area contributed by atoms with E-state index in [0.29, 0.717) is 11.4 Å². The number of amides is 1. The van der Waals surface area contributed by atoms with Gasteiger partial charge in [0.2, 0.25) is 0 Å². The molecular weight excluding hydrogens is 408 g/mol. The summed E-state index contributed by atoms with van der Waals surface area (Å²) in [5.41, 5.74) is 6.41. The number of hydrogen-bond donors (Lipinski definition) is 2. The topological polar surface area (TPSA) is 50.4 Å². The van der Waals surface area contributed by atoms with Crippen LogP contribution in [0.2, 0.25) is 0 Å². The second-order valence-corrected chi connectivity index (χ2v) is 9.34. The van der Waals surface area contributed by atoms with E-state index in [-0.39, 0.29) is 11.3 Å². The summed E-state index contributed by atoms with van der Waals surface area (Å²) >= 11 is 0. The monoisotopic (exact) mass is 442 g/mol. The van der Waals surface area contributed by atoms with Gasteiger partial charge >= 0.3 is 0 Å². The van der Waals surface area contributed by atoms with Gasteiger partial charge in [-0.2, -0.15) is 0 Å². The fourth-order valence-electron chi connectivity index (χ4n) is 3.73. The number of ether oxygens (including phenoxy) is 1. The molecule has 3 aromatic carbocycles. The van der Waals surface area contributed by atoms with Gasteiger partial charge in [-0.05, 0) is 65.6 Å². The van der Waals surface area contributed by atoms with Crippen LogP contribution in [0, 0.1) is 6.92 Å². The van der Waals surface area contributed by atoms with Gasteiger partial charge < -0.3 is 15.4 Å². The smallest absolute Gasteiger partial charge is 0.256 e. The Bertz CT molecular complexity index is 1130. The number of anilines is 1. The number of methoxy groups -OCH3 is 1. The van der Waals surface area contributed by atoms with Crippen molar-refractivity contribution in [3.05, 3.63) is 107 Å². The largest absolute Gasteiger partial charge is 0.496 e. The van der Waals surface area contributed by atoms with Crippen LogP contribution < -0.4 is 15.4 Å². The molecular formula is C29H34N2O2. The molecule has 4 nitrogen and oxygen atoms in total. The van der Waals surface area contributed by atoms with E-state index in [4.69, 9.17) is 4.74 Å². The number of carbonyl (C=O) groups excluding carboxylic acids is 1. The molecule has 0 aliphatic heterocycles. The highest BCUT2D eigenvalue weighted by Crippen LogP contribution is 2.26. The molecule has 0 saturated heterocycles. The fraction of sp³-hybridized carbons (Fsp3) is 0.276. The number of benzene rings is 3. The van der Waals surface area contributed by atoms with E-state index in [1.165, 1.54) is 16.7 Å². The molecule has 0 spiro atoms. The lowest BCUT2D eigenvalue weighted by molar-refractivity contribution is 0.0966. The van der Waals surface area contributed by atoms with Crippen LogP contribution in [-0.4, -0.2) is 13.0 Å². The van der Waals surface area contributed by atoms with Crippen LogP contribution in [0.25, 0.3) is 0 Å². The first-order valence-electron chi connectivity index (χ1n) is 11.3. The van der Waals surface area contributed by atoms with Crippen molar-refractivity contribution in [2.24, 2.45) is 0 Å². The van der Waals surface area contributed by atoms with Crippen molar-refractivity contribution in [1.82, 2.24) is 5.32 Å². The van der Waals surface area contributed by atoms with E-state index in [9.17, 15) is 4.79 Å². The van der Waals surface area contributed by atoms with Crippen molar-refractivity contribution in [3.8, 4) is 5.75 Å². The maximum absolute atomic E-state index is 12.6. The molecule has 4 heteroatoms. The number of nitrogens with one attached hydrogen (secondary N) is 2. The Labute approximate surface area is 197 Å². The van der Waals surface area contributed by atoms with Crippen molar-refractivity contribution in [1.29, 1.82) is 0 Å². The lowest BCUT2D eigenvalue weighted by Crippen LogP contribution is -2.26. The van der Waals surface area contributed by atoms with E-state index >= 15 is 0 Å². The molecule has 33 heavy (non-hydrogen) atoms. The Hall–Kier alpha value is -3.53. The molecule has 0 saturated carbocycles. The van der Waals surface area contributed by atoms with Crippen LogP contribution in [-0.2, 0) is 18.3 Å². The summed E-state index contributed by atoms with van der Waals surface area (Å²) in [5.74, 6) is 1.02. The van der Waals surface area contributed by atoms with E-state index < -0.39 is 0 Å². The van der Waals surface area contributed by atoms with Gasteiger partial charge in [0.25, 0.3) is 5.91 Å². The molecule has 0 atom stereocenters. The van der Waals surface area contributed by atoms with Crippen molar-refractivity contribution in [3.63, 3.8) is 0 Å². The minimum Gasteiger partial charge on any atom is -0.496 e. The summed E-state index contributed by atoms with van der Waals surface area (Å²) in [6.45, 7) is 12.5. The summed E-state index contributed by atoms with van der Waals surface area (Å²) in [4.78, 5) is 12.6. The fourth-order valence-corrected chi connectivity index (χ4v) is 3.73. The molecule has 0 aliphatic rings. The summed E-state index contributed by atoms with van der Waals surface area (Å²) in [6, 6.07) is 22.1. The van der Waals surface area contributed by atoms with Crippen LogP contribution in [0.1, 0.15) is 53.4 Å². The molecule has 0 bridgehead atoms. The number of carbonyl (C=O) groups is 1. The Morgan fingerprint density at radius 3 is 2.24 bits per heavy atom. The van der Waals surface area contributed by atoms with Gasteiger partial charge in [-0.25, -0.2) is 0 Å². The zero-order chi connectivity index (χ0) is 24.0. The molecule has 2 N–H and O–H groups in total. The third kappa shape index (κ3) is 6.48. The van der Waals surface area contributed by atoms with Gasteiger partial charge in [0.15, 0.2) is 0 Å². The molecule has 0 aliphatic carbocycles. The van der Waals surface area contributed by atoms with Crippen molar-refractivity contribution < 1.29 is 9.53 Å². The lowest BCUT2D eigenvalue weighted by atomic mass is 9.87. The van der Waals surface area contributed by atoms with Crippen LogP contribution in [0.4, 0.5) is 5.69 Å².